The van der Waals surface area contributed by atoms with Crippen LogP contribution >= 0.6 is 27.7 Å². The number of hydrogen-bond acceptors (Lipinski definition) is 1. The Morgan fingerprint density at radius 3 is 2.71 bits per heavy atom. The third-order valence-electron chi connectivity index (χ3n) is 2.32. The highest BCUT2D eigenvalue weighted by molar-refractivity contribution is 9.10. The third-order valence-corrected chi connectivity index (χ3v) is 3.84. The molecule has 0 aliphatic rings. The molecule has 2 aromatic rings. The van der Waals surface area contributed by atoms with Gasteiger partial charge in [0.05, 0.1) is 0 Å². The molecule has 88 valence electrons. The van der Waals surface area contributed by atoms with Crippen molar-refractivity contribution in [2.24, 2.45) is 0 Å². The van der Waals surface area contributed by atoms with Crippen LogP contribution in [-0.4, -0.2) is 0 Å². The summed E-state index contributed by atoms with van der Waals surface area (Å²) in [5, 5.41) is 0. The fourth-order valence-electron chi connectivity index (χ4n) is 1.57. The molecule has 0 amide bonds. The van der Waals surface area contributed by atoms with Crippen molar-refractivity contribution < 1.29 is 4.39 Å². The molecule has 0 saturated carbocycles. The maximum atomic E-state index is 13.2. The summed E-state index contributed by atoms with van der Waals surface area (Å²) in [5.74, 6) is 0.582. The number of halogens is 2. The Balaban J connectivity index is 2.07. The fraction of sp³-hybridized carbons (Fsp3) is 0.143. The highest BCUT2D eigenvalue weighted by Gasteiger charge is 2.01. The third kappa shape index (κ3) is 3.86. The maximum absolute atomic E-state index is 13.2. The van der Waals surface area contributed by atoms with Crippen LogP contribution in [0.15, 0.2) is 51.8 Å². The second-order valence-corrected chi connectivity index (χ2v) is 5.85. The van der Waals surface area contributed by atoms with E-state index < -0.39 is 0 Å². The van der Waals surface area contributed by atoms with Crippen LogP contribution in [0.1, 0.15) is 11.1 Å². The van der Waals surface area contributed by atoms with E-state index in [4.69, 9.17) is 0 Å². The highest BCUT2D eigenvalue weighted by Crippen LogP contribution is 2.25. The lowest BCUT2D eigenvalue weighted by Crippen LogP contribution is -1.84. The first-order valence-electron chi connectivity index (χ1n) is 5.28. The summed E-state index contributed by atoms with van der Waals surface area (Å²) in [5.41, 5.74) is 2.24. The van der Waals surface area contributed by atoms with Crippen molar-refractivity contribution >= 4 is 27.7 Å². The van der Waals surface area contributed by atoms with Gasteiger partial charge in [-0.25, -0.2) is 4.39 Å². The van der Waals surface area contributed by atoms with Crippen molar-refractivity contribution in [3.63, 3.8) is 0 Å². The first-order chi connectivity index (χ1) is 8.13. The maximum Gasteiger partial charge on any atom is 0.124 e. The second kappa shape index (κ2) is 5.69. The summed E-state index contributed by atoms with van der Waals surface area (Å²) in [6.07, 6.45) is 0. The quantitative estimate of drug-likeness (QED) is 0.703. The highest BCUT2D eigenvalue weighted by atomic mass is 79.9. The number of aryl methyl sites for hydroxylation is 1. The van der Waals surface area contributed by atoms with Crippen molar-refractivity contribution in [3.05, 3.63) is 63.9 Å². The van der Waals surface area contributed by atoms with Crippen molar-refractivity contribution in [1.29, 1.82) is 0 Å². The minimum Gasteiger partial charge on any atom is -0.207 e. The molecule has 0 N–H and O–H groups in total. The van der Waals surface area contributed by atoms with E-state index in [2.05, 4.69) is 41.1 Å². The van der Waals surface area contributed by atoms with Crippen LogP contribution in [0, 0.1) is 12.7 Å². The summed E-state index contributed by atoms with van der Waals surface area (Å²) in [6, 6.07) is 13.3. The molecular formula is C14H12BrFS. The van der Waals surface area contributed by atoms with E-state index in [0.717, 1.165) is 15.8 Å². The van der Waals surface area contributed by atoms with Gasteiger partial charge in [-0.1, -0.05) is 33.6 Å². The smallest absolute Gasteiger partial charge is 0.124 e. The van der Waals surface area contributed by atoms with E-state index in [0.29, 0.717) is 0 Å². The largest absolute Gasteiger partial charge is 0.207 e. The zero-order valence-corrected chi connectivity index (χ0v) is 11.8. The number of thioether (sulfide) groups is 1. The van der Waals surface area contributed by atoms with Crippen molar-refractivity contribution in [2.75, 3.05) is 0 Å². The predicted molar refractivity (Wildman–Crippen MR) is 74.8 cm³/mol. The Labute approximate surface area is 113 Å². The van der Waals surface area contributed by atoms with E-state index >= 15 is 0 Å². The molecule has 2 rings (SSSR count). The Bertz CT molecular complexity index is 505. The normalized spacial score (nSPS) is 10.5. The Morgan fingerprint density at radius 2 is 2.00 bits per heavy atom. The van der Waals surface area contributed by atoms with Gasteiger partial charge in [0, 0.05) is 15.1 Å². The van der Waals surface area contributed by atoms with Gasteiger partial charge >= 0.3 is 0 Å². The molecule has 0 saturated heterocycles. The SMILES string of the molecule is Cc1cccc(SCc2cc(F)cc(Br)c2)c1. The van der Waals surface area contributed by atoms with Crippen LogP contribution in [0.2, 0.25) is 0 Å². The van der Waals surface area contributed by atoms with Gasteiger partial charge < -0.3 is 0 Å². The summed E-state index contributed by atoms with van der Waals surface area (Å²) < 4.78 is 14.0. The average Bonchev–Trinajstić information content (AvgIpc) is 2.25. The van der Waals surface area contributed by atoms with Crippen LogP contribution in [0.3, 0.4) is 0 Å². The number of rotatable bonds is 3. The van der Waals surface area contributed by atoms with E-state index in [-0.39, 0.29) is 5.82 Å². The average molecular weight is 311 g/mol. The minimum atomic E-state index is -0.195. The van der Waals surface area contributed by atoms with Gasteiger partial charge in [0.2, 0.25) is 0 Å². The summed E-state index contributed by atoms with van der Waals surface area (Å²) in [4.78, 5) is 1.21. The topological polar surface area (TPSA) is 0 Å². The molecule has 0 nitrogen and oxygen atoms in total. The van der Waals surface area contributed by atoms with Gasteiger partial charge in [-0.3, -0.25) is 0 Å². The van der Waals surface area contributed by atoms with Crippen LogP contribution in [0.5, 0.6) is 0 Å². The van der Waals surface area contributed by atoms with Crippen molar-refractivity contribution in [2.45, 2.75) is 17.6 Å². The molecule has 2 aromatic carbocycles. The second-order valence-electron chi connectivity index (χ2n) is 3.88. The van der Waals surface area contributed by atoms with E-state index in [1.165, 1.54) is 16.5 Å². The monoisotopic (exact) mass is 310 g/mol. The van der Waals surface area contributed by atoms with Gasteiger partial charge in [-0.15, -0.1) is 11.8 Å². The molecule has 0 aliphatic heterocycles. The molecule has 0 unspecified atom stereocenters. The van der Waals surface area contributed by atoms with E-state index in [1.807, 2.05) is 12.1 Å². The molecule has 0 aromatic heterocycles. The summed E-state index contributed by atoms with van der Waals surface area (Å²) >= 11 is 5.02. The lowest BCUT2D eigenvalue weighted by molar-refractivity contribution is 0.625. The lowest BCUT2D eigenvalue weighted by Gasteiger charge is -2.04. The summed E-state index contributed by atoms with van der Waals surface area (Å²) in [7, 11) is 0. The van der Waals surface area contributed by atoms with Crippen molar-refractivity contribution in [1.82, 2.24) is 0 Å². The Morgan fingerprint density at radius 1 is 1.18 bits per heavy atom. The van der Waals surface area contributed by atoms with Crippen LogP contribution in [0.25, 0.3) is 0 Å². The first kappa shape index (κ1) is 12.7. The number of benzene rings is 2. The zero-order chi connectivity index (χ0) is 12.3. The Kier molecular flexibility index (Phi) is 4.24. The summed E-state index contributed by atoms with van der Waals surface area (Å²) in [6.45, 7) is 2.07. The standard InChI is InChI=1S/C14H12BrFS/c1-10-3-2-4-14(5-10)17-9-11-6-12(15)8-13(16)7-11/h2-8H,9H2,1H3. The van der Waals surface area contributed by atoms with E-state index in [1.54, 1.807) is 17.8 Å². The first-order valence-corrected chi connectivity index (χ1v) is 7.06. The van der Waals surface area contributed by atoms with Crippen LogP contribution < -0.4 is 0 Å². The molecule has 3 heteroatoms. The van der Waals surface area contributed by atoms with Crippen molar-refractivity contribution in [3.8, 4) is 0 Å². The van der Waals surface area contributed by atoms with Gasteiger partial charge in [-0.05, 0) is 42.8 Å². The van der Waals surface area contributed by atoms with Gasteiger partial charge in [0.1, 0.15) is 5.82 Å². The molecule has 17 heavy (non-hydrogen) atoms. The molecule has 0 spiro atoms. The van der Waals surface area contributed by atoms with Gasteiger partial charge in [0.25, 0.3) is 0 Å². The van der Waals surface area contributed by atoms with Crippen LogP contribution in [0.4, 0.5) is 4.39 Å². The number of hydrogen-bond donors (Lipinski definition) is 0. The van der Waals surface area contributed by atoms with Gasteiger partial charge in [-0.2, -0.15) is 0 Å². The van der Waals surface area contributed by atoms with Crippen LogP contribution in [-0.2, 0) is 5.75 Å². The zero-order valence-electron chi connectivity index (χ0n) is 9.41. The molecule has 0 atom stereocenters. The molecule has 0 bridgehead atoms. The molecular weight excluding hydrogens is 299 g/mol. The molecule has 0 radical (unpaired) electrons. The minimum absolute atomic E-state index is 0.195. The van der Waals surface area contributed by atoms with E-state index in [9.17, 15) is 4.39 Å². The molecule has 0 heterocycles. The molecule has 0 aliphatic carbocycles. The lowest BCUT2D eigenvalue weighted by atomic mass is 10.2. The predicted octanol–water partition coefficient (Wildman–Crippen LogP) is 5.19. The Hall–Kier alpha value is -0.800. The van der Waals surface area contributed by atoms with Gasteiger partial charge in [0.15, 0.2) is 0 Å². The molecule has 0 fully saturated rings. The fourth-order valence-corrected chi connectivity index (χ4v) is 3.02.